The van der Waals surface area contributed by atoms with Gasteiger partial charge in [-0.1, -0.05) is 0 Å². The number of hydrogen-bond donors (Lipinski definition) is 0. The van der Waals surface area contributed by atoms with Crippen molar-refractivity contribution >= 4 is 15.9 Å². The Kier molecular flexibility index (Phi) is 2.78. The topological polar surface area (TPSA) is 30.3 Å². The van der Waals surface area contributed by atoms with Gasteiger partial charge in [0.2, 0.25) is 0 Å². The van der Waals surface area contributed by atoms with E-state index < -0.39 is 0 Å². The maximum absolute atomic E-state index is 5.17. The Morgan fingerprint density at radius 2 is 2.43 bits per heavy atom. The van der Waals surface area contributed by atoms with Crippen molar-refractivity contribution in [2.75, 3.05) is 27.2 Å². The number of rotatable bonds is 2. The summed E-state index contributed by atoms with van der Waals surface area (Å²) < 4.78 is 8.12. The summed E-state index contributed by atoms with van der Waals surface area (Å²) in [5.41, 5.74) is 0. The van der Waals surface area contributed by atoms with Gasteiger partial charge in [-0.25, -0.2) is 0 Å². The van der Waals surface area contributed by atoms with Gasteiger partial charge in [-0.05, 0) is 35.9 Å². The highest BCUT2D eigenvalue weighted by Crippen LogP contribution is 2.30. The number of hydrogen-bond acceptors (Lipinski definition) is 3. The van der Waals surface area contributed by atoms with E-state index in [0.717, 1.165) is 29.9 Å². The Morgan fingerprint density at radius 3 is 2.93 bits per heavy atom. The Bertz CT molecular complexity index is 326. The van der Waals surface area contributed by atoms with Crippen LogP contribution in [0.5, 0.6) is 5.75 Å². The number of likely N-dealkylation sites (tertiary alicyclic amines) is 1. The first-order valence-corrected chi connectivity index (χ1v) is 5.47. The zero-order valence-corrected chi connectivity index (χ0v) is 9.99. The van der Waals surface area contributed by atoms with E-state index in [4.69, 9.17) is 4.74 Å². The molecule has 4 nitrogen and oxygen atoms in total. The molecule has 1 aromatic heterocycles. The van der Waals surface area contributed by atoms with Gasteiger partial charge >= 0.3 is 0 Å². The molecule has 1 atom stereocenters. The minimum atomic E-state index is 0.471. The lowest BCUT2D eigenvalue weighted by molar-refractivity contribution is 0.376. The minimum Gasteiger partial charge on any atom is -0.492 e. The average molecular weight is 260 g/mol. The van der Waals surface area contributed by atoms with Gasteiger partial charge in [-0.15, -0.1) is 0 Å². The van der Waals surface area contributed by atoms with Gasteiger partial charge in [0.05, 0.1) is 19.3 Å². The number of aromatic nitrogens is 2. The van der Waals surface area contributed by atoms with E-state index in [1.165, 1.54) is 0 Å². The second-order valence-corrected chi connectivity index (χ2v) is 4.40. The normalized spacial score (nSPS) is 22.9. The van der Waals surface area contributed by atoms with Crippen LogP contribution in [0.2, 0.25) is 0 Å². The van der Waals surface area contributed by atoms with Crippen LogP contribution in [0.15, 0.2) is 10.8 Å². The van der Waals surface area contributed by atoms with Crippen molar-refractivity contribution in [1.29, 1.82) is 0 Å². The lowest BCUT2D eigenvalue weighted by Gasteiger charge is -2.12. The molecule has 14 heavy (non-hydrogen) atoms. The minimum absolute atomic E-state index is 0.471. The summed E-state index contributed by atoms with van der Waals surface area (Å²) in [6.07, 6.45) is 2.91. The molecule has 0 aromatic carbocycles. The van der Waals surface area contributed by atoms with Crippen molar-refractivity contribution in [3.05, 3.63) is 10.8 Å². The van der Waals surface area contributed by atoms with Crippen molar-refractivity contribution in [3.63, 3.8) is 0 Å². The molecular weight excluding hydrogens is 246 g/mol. The summed E-state index contributed by atoms with van der Waals surface area (Å²) >= 11 is 3.50. The summed E-state index contributed by atoms with van der Waals surface area (Å²) in [5, 5.41) is 4.32. The Labute approximate surface area is 92.0 Å². The fourth-order valence-electron chi connectivity index (χ4n) is 1.83. The van der Waals surface area contributed by atoms with Gasteiger partial charge in [0.1, 0.15) is 4.60 Å². The number of halogens is 1. The first kappa shape index (κ1) is 9.98. The van der Waals surface area contributed by atoms with E-state index in [-0.39, 0.29) is 0 Å². The predicted molar refractivity (Wildman–Crippen MR) is 57.6 cm³/mol. The van der Waals surface area contributed by atoms with Crippen LogP contribution in [0.25, 0.3) is 0 Å². The fraction of sp³-hybridized carbons (Fsp3) is 0.667. The molecule has 78 valence electrons. The number of methoxy groups -OCH3 is 1. The second kappa shape index (κ2) is 3.90. The quantitative estimate of drug-likeness (QED) is 0.807. The third-order valence-electron chi connectivity index (χ3n) is 2.64. The number of likely N-dealkylation sites (N-methyl/N-ethyl adjacent to an activating group) is 1. The summed E-state index contributed by atoms with van der Waals surface area (Å²) in [6, 6.07) is 0.471. The van der Waals surface area contributed by atoms with Gasteiger partial charge in [0.15, 0.2) is 5.75 Å². The maximum Gasteiger partial charge on any atom is 0.171 e. The first-order chi connectivity index (χ1) is 6.72. The highest BCUT2D eigenvalue weighted by Gasteiger charge is 2.24. The molecule has 2 rings (SSSR count). The SMILES string of the molecule is COc1cnn(C2CCN(C)C2)c1Br. The molecule has 0 amide bonds. The van der Waals surface area contributed by atoms with E-state index in [1.807, 2.05) is 4.68 Å². The van der Waals surface area contributed by atoms with Gasteiger partial charge in [0.25, 0.3) is 0 Å². The molecule has 1 unspecified atom stereocenters. The lowest BCUT2D eigenvalue weighted by Crippen LogP contribution is -2.17. The van der Waals surface area contributed by atoms with Crippen molar-refractivity contribution in [2.24, 2.45) is 0 Å². The zero-order chi connectivity index (χ0) is 10.1. The third kappa shape index (κ3) is 1.66. The van der Waals surface area contributed by atoms with Gasteiger partial charge in [0, 0.05) is 6.54 Å². The molecule has 1 aliphatic rings. The molecule has 0 saturated carbocycles. The monoisotopic (exact) mass is 259 g/mol. The molecule has 1 aliphatic heterocycles. The summed E-state index contributed by atoms with van der Waals surface area (Å²) in [7, 11) is 3.79. The standard InChI is InChI=1S/C9H14BrN3O/c1-12-4-3-7(6-12)13-9(10)8(14-2)5-11-13/h5,7H,3-4,6H2,1-2H3. The van der Waals surface area contributed by atoms with Crippen molar-refractivity contribution in [2.45, 2.75) is 12.5 Å². The number of nitrogens with zero attached hydrogens (tertiary/aromatic N) is 3. The van der Waals surface area contributed by atoms with Gasteiger partial charge in [-0.2, -0.15) is 5.10 Å². The molecule has 0 spiro atoms. The fourth-order valence-corrected chi connectivity index (χ4v) is 2.48. The average Bonchev–Trinajstić information content (AvgIpc) is 2.72. The third-order valence-corrected chi connectivity index (χ3v) is 3.39. The Morgan fingerprint density at radius 1 is 1.64 bits per heavy atom. The number of ether oxygens (including phenoxy) is 1. The largest absolute Gasteiger partial charge is 0.492 e. The van der Waals surface area contributed by atoms with Crippen LogP contribution in [0.1, 0.15) is 12.5 Å². The van der Waals surface area contributed by atoms with Crippen LogP contribution in [-0.4, -0.2) is 41.9 Å². The molecule has 5 heteroatoms. The van der Waals surface area contributed by atoms with Crippen molar-refractivity contribution in [1.82, 2.24) is 14.7 Å². The molecule has 0 N–H and O–H groups in total. The molecular formula is C9H14BrN3O. The van der Waals surface area contributed by atoms with Crippen LogP contribution in [0, 0.1) is 0 Å². The maximum atomic E-state index is 5.17. The van der Waals surface area contributed by atoms with Crippen LogP contribution in [0.4, 0.5) is 0 Å². The van der Waals surface area contributed by atoms with Crippen LogP contribution in [0.3, 0.4) is 0 Å². The first-order valence-electron chi connectivity index (χ1n) is 4.68. The molecule has 0 radical (unpaired) electrons. The highest BCUT2D eigenvalue weighted by molar-refractivity contribution is 9.10. The van der Waals surface area contributed by atoms with Crippen LogP contribution in [-0.2, 0) is 0 Å². The van der Waals surface area contributed by atoms with E-state index in [1.54, 1.807) is 13.3 Å². The molecule has 2 heterocycles. The van der Waals surface area contributed by atoms with E-state index in [9.17, 15) is 0 Å². The van der Waals surface area contributed by atoms with E-state index in [2.05, 4.69) is 33.0 Å². The zero-order valence-electron chi connectivity index (χ0n) is 8.40. The summed E-state index contributed by atoms with van der Waals surface area (Å²) in [6.45, 7) is 2.20. The van der Waals surface area contributed by atoms with Gasteiger partial charge < -0.3 is 9.64 Å². The van der Waals surface area contributed by atoms with Crippen LogP contribution < -0.4 is 4.74 Å². The molecule has 0 aliphatic carbocycles. The molecule has 1 aromatic rings. The Hall–Kier alpha value is -0.550. The predicted octanol–water partition coefficient (Wildman–Crippen LogP) is 1.53. The van der Waals surface area contributed by atoms with E-state index >= 15 is 0 Å². The van der Waals surface area contributed by atoms with Crippen molar-refractivity contribution < 1.29 is 4.74 Å². The smallest absolute Gasteiger partial charge is 0.171 e. The molecule has 1 saturated heterocycles. The Balaban J connectivity index is 2.20. The van der Waals surface area contributed by atoms with E-state index in [0.29, 0.717) is 6.04 Å². The molecule has 0 bridgehead atoms. The van der Waals surface area contributed by atoms with Crippen LogP contribution >= 0.6 is 15.9 Å². The van der Waals surface area contributed by atoms with Gasteiger partial charge in [-0.3, -0.25) is 4.68 Å². The second-order valence-electron chi connectivity index (χ2n) is 3.65. The molecule has 1 fully saturated rings. The summed E-state index contributed by atoms with van der Waals surface area (Å²) in [4.78, 5) is 2.31. The lowest BCUT2D eigenvalue weighted by atomic mass is 10.3. The van der Waals surface area contributed by atoms with Crippen molar-refractivity contribution in [3.8, 4) is 5.75 Å². The summed E-state index contributed by atoms with van der Waals surface area (Å²) in [5.74, 6) is 0.805. The highest BCUT2D eigenvalue weighted by atomic mass is 79.9.